The van der Waals surface area contributed by atoms with Gasteiger partial charge in [0.2, 0.25) is 0 Å². The summed E-state index contributed by atoms with van der Waals surface area (Å²) in [6.07, 6.45) is 7.00. The highest BCUT2D eigenvalue weighted by atomic mass is 32.2. The van der Waals surface area contributed by atoms with Crippen LogP contribution >= 0.6 is 0 Å². The summed E-state index contributed by atoms with van der Waals surface area (Å²) in [5, 5.41) is 7.01. The third-order valence-corrected chi connectivity index (χ3v) is 8.60. The molecule has 0 atom stereocenters. The first-order valence-electron chi connectivity index (χ1n) is 13.7. The van der Waals surface area contributed by atoms with Gasteiger partial charge in [-0.15, -0.1) is 0 Å². The fraction of sp³-hybridized carbons (Fsp3) is 0.323. The molecule has 2 N–H and O–H groups in total. The van der Waals surface area contributed by atoms with Gasteiger partial charge < -0.3 is 10.1 Å². The van der Waals surface area contributed by atoms with Crippen LogP contribution in [0.5, 0.6) is 5.75 Å². The maximum atomic E-state index is 13.5. The van der Waals surface area contributed by atoms with Crippen molar-refractivity contribution in [2.75, 3.05) is 17.5 Å². The van der Waals surface area contributed by atoms with Crippen LogP contribution in [-0.2, 0) is 19.6 Å². The third kappa shape index (κ3) is 8.65. The van der Waals surface area contributed by atoms with Crippen LogP contribution in [0.3, 0.4) is 0 Å². The van der Waals surface area contributed by atoms with Crippen molar-refractivity contribution in [2.24, 2.45) is 5.10 Å². The Hall–Kier alpha value is -4.18. The molecule has 0 saturated heterocycles. The molecular formula is C31H36N4O5S. The zero-order chi connectivity index (χ0) is 29.2. The second-order valence-corrected chi connectivity index (χ2v) is 12.1. The Balaban J connectivity index is 1.34. The number of nitrogens with one attached hydrogen (secondary N) is 2. The van der Waals surface area contributed by atoms with E-state index >= 15 is 0 Å². The van der Waals surface area contributed by atoms with E-state index in [-0.39, 0.29) is 23.5 Å². The topological polar surface area (TPSA) is 117 Å². The van der Waals surface area contributed by atoms with Crippen molar-refractivity contribution >= 4 is 33.7 Å². The molecule has 0 unspecified atom stereocenters. The van der Waals surface area contributed by atoms with Crippen molar-refractivity contribution in [2.45, 2.75) is 56.9 Å². The lowest BCUT2D eigenvalue weighted by atomic mass is 9.95. The molecule has 1 aliphatic rings. The van der Waals surface area contributed by atoms with E-state index in [1.54, 1.807) is 54.6 Å². The van der Waals surface area contributed by atoms with Crippen molar-refractivity contribution in [3.05, 3.63) is 89.5 Å². The monoisotopic (exact) mass is 576 g/mol. The number of hydrogen-bond donors (Lipinski definition) is 2. The van der Waals surface area contributed by atoms with E-state index in [1.807, 2.05) is 19.9 Å². The number of hydrazone groups is 1. The lowest BCUT2D eigenvalue weighted by molar-refractivity contribution is -0.124. The van der Waals surface area contributed by atoms with Gasteiger partial charge in [0.1, 0.15) is 12.3 Å². The number of rotatable bonds is 11. The largest absolute Gasteiger partial charge is 0.484 e. The maximum absolute atomic E-state index is 13.5. The molecule has 4 rings (SSSR count). The summed E-state index contributed by atoms with van der Waals surface area (Å²) in [6.45, 7) is 3.22. The fourth-order valence-corrected chi connectivity index (χ4v) is 6.01. The molecule has 0 bridgehead atoms. The molecule has 0 heterocycles. The van der Waals surface area contributed by atoms with E-state index in [0.717, 1.165) is 41.1 Å². The predicted octanol–water partition coefficient (Wildman–Crippen LogP) is 4.48. The molecule has 1 aliphatic carbocycles. The predicted molar refractivity (Wildman–Crippen MR) is 160 cm³/mol. The van der Waals surface area contributed by atoms with Crippen LogP contribution in [-0.4, -0.2) is 45.6 Å². The summed E-state index contributed by atoms with van der Waals surface area (Å²) in [5.41, 5.74) is 5.27. The highest BCUT2D eigenvalue weighted by Gasteiger charge is 2.27. The average Bonchev–Trinajstić information content (AvgIpc) is 2.96. The molecule has 0 aliphatic heterocycles. The minimum Gasteiger partial charge on any atom is -0.484 e. The number of hydrogen-bond acceptors (Lipinski definition) is 6. The number of anilines is 1. The van der Waals surface area contributed by atoms with Gasteiger partial charge >= 0.3 is 0 Å². The van der Waals surface area contributed by atoms with E-state index < -0.39 is 22.5 Å². The number of benzene rings is 3. The van der Waals surface area contributed by atoms with Crippen LogP contribution in [0.2, 0.25) is 0 Å². The van der Waals surface area contributed by atoms with Crippen molar-refractivity contribution in [3.8, 4) is 5.75 Å². The van der Waals surface area contributed by atoms with Crippen LogP contribution in [0.4, 0.5) is 5.69 Å². The molecule has 1 fully saturated rings. The molecule has 3 aromatic carbocycles. The summed E-state index contributed by atoms with van der Waals surface area (Å²) in [7, 11) is -4.01. The number of aryl methyl sites for hydroxylation is 2. The standard InChI is InChI=1S/C31H36N4O5S/c1-23-11-17-29(18-12-23)41(38,39)35(27-10-6-7-24(2)19-27)21-30(36)34-32-20-25-13-15-28(16-14-25)40-22-31(37)33-26-8-4-3-5-9-26/h6-7,10-20,26H,3-5,8-9,21-22H2,1-2H3,(H,33,37)(H,34,36)/b32-20-. The summed E-state index contributed by atoms with van der Waals surface area (Å²) in [5.74, 6) is -0.184. The zero-order valence-corrected chi connectivity index (χ0v) is 24.2. The van der Waals surface area contributed by atoms with Gasteiger partial charge in [-0.05, 0) is 86.3 Å². The average molecular weight is 577 g/mol. The van der Waals surface area contributed by atoms with Gasteiger partial charge in [0.15, 0.2) is 6.61 Å². The van der Waals surface area contributed by atoms with Crippen LogP contribution in [0, 0.1) is 13.8 Å². The normalized spacial score (nSPS) is 14.0. The van der Waals surface area contributed by atoms with Crippen LogP contribution in [0.1, 0.15) is 48.8 Å². The van der Waals surface area contributed by atoms with Crippen molar-refractivity contribution in [3.63, 3.8) is 0 Å². The summed E-state index contributed by atoms with van der Waals surface area (Å²) in [4.78, 5) is 25.0. The quantitative estimate of drug-likeness (QED) is 0.258. The van der Waals surface area contributed by atoms with E-state index in [9.17, 15) is 18.0 Å². The van der Waals surface area contributed by atoms with Crippen molar-refractivity contribution in [1.29, 1.82) is 0 Å². The highest BCUT2D eigenvalue weighted by molar-refractivity contribution is 7.92. The highest BCUT2D eigenvalue weighted by Crippen LogP contribution is 2.25. The van der Waals surface area contributed by atoms with Gasteiger partial charge in [0.05, 0.1) is 16.8 Å². The molecule has 0 spiro atoms. The smallest absolute Gasteiger partial charge is 0.264 e. The molecular weight excluding hydrogens is 540 g/mol. The number of nitrogens with zero attached hydrogens (tertiary/aromatic N) is 2. The van der Waals surface area contributed by atoms with E-state index in [4.69, 9.17) is 4.74 Å². The van der Waals surface area contributed by atoms with Crippen molar-refractivity contribution < 1.29 is 22.7 Å². The Morgan fingerprint density at radius 3 is 2.32 bits per heavy atom. The van der Waals surface area contributed by atoms with Crippen molar-refractivity contribution in [1.82, 2.24) is 10.7 Å². The zero-order valence-electron chi connectivity index (χ0n) is 23.4. The molecule has 216 valence electrons. The minimum absolute atomic E-state index is 0.0527. The van der Waals surface area contributed by atoms with E-state index in [1.165, 1.54) is 24.8 Å². The fourth-order valence-electron chi connectivity index (χ4n) is 4.60. The van der Waals surface area contributed by atoms with Gasteiger partial charge in [-0.3, -0.25) is 13.9 Å². The molecule has 2 amide bonds. The Labute approximate surface area is 241 Å². The van der Waals surface area contributed by atoms with E-state index in [2.05, 4.69) is 15.8 Å². The Kier molecular flexibility index (Phi) is 10.1. The van der Waals surface area contributed by atoms with E-state index in [0.29, 0.717) is 17.0 Å². The molecule has 1 saturated carbocycles. The summed E-state index contributed by atoms with van der Waals surface area (Å²) < 4.78 is 33.6. The molecule has 10 heteroatoms. The Bertz CT molecular complexity index is 1470. The van der Waals surface area contributed by atoms with Crippen LogP contribution in [0.25, 0.3) is 0 Å². The first-order valence-corrected chi connectivity index (χ1v) is 15.1. The van der Waals surface area contributed by atoms with Crippen LogP contribution < -0.4 is 19.8 Å². The number of sulfonamides is 1. The SMILES string of the molecule is Cc1ccc(S(=O)(=O)N(CC(=O)N/N=C\c2ccc(OCC(=O)NC3CCCCC3)cc2)c2cccc(C)c2)cc1. The molecule has 9 nitrogen and oxygen atoms in total. The second kappa shape index (κ2) is 13.9. The summed E-state index contributed by atoms with van der Waals surface area (Å²) >= 11 is 0. The third-order valence-electron chi connectivity index (χ3n) is 6.81. The lowest BCUT2D eigenvalue weighted by Gasteiger charge is -2.24. The molecule has 0 radical (unpaired) electrons. The maximum Gasteiger partial charge on any atom is 0.264 e. The number of carbonyl (C=O) groups is 2. The van der Waals surface area contributed by atoms with Crippen LogP contribution in [0.15, 0.2) is 82.8 Å². The van der Waals surface area contributed by atoms with Gasteiger partial charge in [-0.25, -0.2) is 13.8 Å². The van der Waals surface area contributed by atoms with Gasteiger partial charge in [-0.1, -0.05) is 49.1 Å². The first-order chi connectivity index (χ1) is 19.7. The second-order valence-electron chi connectivity index (χ2n) is 10.2. The van der Waals surface area contributed by atoms with Gasteiger partial charge in [0.25, 0.3) is 21.8 Å². The van der Waals surface area contributed by atoms with Gasteiger partial charge in [-0.2, -0.15) is 5.10 Å². The van der Waals surface area contributed by atoms with Gasteiger partial charge in [0, 0.05) is 6.04 Å². The molecule has 3 aromatic rings. The number of ether oxygens (including phenoxy) is 1. The Morgan fingerprint density at radius 2 is 1.63 bits per heavy atom. The molecule has 41 heavy (non-hydrogen) atoms. The molecule has 0 aromatic heterocycles. The minimum atomic E-state index is -4.01. The number of amides is 2. The number of carbonyl (C=O) groups excluding carboxylic acids is 2. The lowest BCUT2D eigenvalue weighted by Crippen LogP contribution is -2.39. The Morgan fingerprint density at radius 1 is 0.927 bits per heavy atom. The summed E-state index contributed by atoms with van der Waals surface area (Å²) in [6, 6.07) is 20.6. The first kappa shape index (κ1) is 29.8.